The number of halogens is 1. The van der Waals surface area contributed by atoms with Crippen molar-refractivity contribution in [2.24, 2.45) is 7.05 Å². The van der Waals surface area contributed by atoms with Crippen molar-refractivity contribution in [2.75, 3.05) is 0 Å². The molecule has 5 rings (SSSR count). The summed E-state index contributed by atoms with van der Waals surface area (Å²) in [5.74, 6) is 0.180. The number of hydrogen-bond acceptors (Lipinski definition) is 5. The zero-order valence-electron chi connectivity index (χ0n) is 18.7. The summed E-state index contributed by atoms with van der Waals surface area (Å²) in [6.45, 7) is 0.329. The fourth-order valence-electron chi connectivity index (χ4n) is 3.93. The maximum Gasteiger partial charge on any atom is 1.00 e. The largest absolute Gasteiger partial charge is 1.00 e. The van der Waals surface area contributed by atoms with Crippen molar-refractivity contribution >= 4 is 28.6 Å². The normalized spacial score (nSPS) is 13.6. The number of pyridine rings is 1. The Labute approximate surface area is 222 Å². The molecule has 1 fully saturated rings. The Kier molecular flexibility index (Phi) is 7.59. The second-order valence-corrected chi connectivity index (χ2v) is 8.48. The van der Waals surface area contributed by atoms with Crippen LogP contribution < -0.4 is 39.9 Å². The van der Waals surface area contributed by atoms with Crippen LogP contribution in [0.3, 0.4) is 0 Å². The van der Waals surface area contributed by atoms with Crippen LogP contribution in [-0.4, -0.2) is 30.7 Å². The van der Waals surface area contributed by atoms with Crippen LogP contribution in [0.1, 0.15) is 24.2 Å². The number of rotatable bonds is 6. The third-order valence-electron chi connectivity index (χ3n) is 5.94. The summed E-state index contributed by atoms with van der Waals surface area (Å²) in [7, 11) is 1.81. The molecule has 2 aromatic carbocycles. The van der Waals surface area contributed by atoms with E-state index in [1.165, 1.54) is 10.6 Å². The first-order valence-electron chi connectivity index (χ1n) is 10.2. The molecule has 170 valence electrons. The van der Waals surface area contributed by atoms with Gasteiger partial charge in [0.15, 0.2) is 0 Å². The number of nitrogens with zero attached hydrogens (tertiary/aromatic N) is 3. The van der Waals surface area contributed by atoms with Crippen LogP contribution in [-0.2, 0) is 23.9 Å². The van der Waals surface area contributed by atoms with Crippen molar-refractivity contribution in [2.45, 2.75) is 24.9 Å². The topological polar surface area (TPSA) is 116 Å². The average Bonchev–Trinajstić information content (AvgIpc) is 3.53. The van der Waals surface area contributed by atoms with Crippen molar-refractivity contribution in [3.8, 4) is 11.4 Å². The molecule has 2 aromatic heterocycles. The summed E-state index contributed by atoms with van der Waals surface area (Å²) in [4.78, 5) is 29.0. The van der Waals surface area contributed by atoms with Gasteiger partial charge in [-0.25, -0.2) is 4.98 Å². The Morgan fingerprint density at radius 3 is 2.47 bits per heavy atom. The molecule has 0 radical (unpaired) electrons. The molecule has 0 amide bonds. The van der Waals surface area contributed by atoms with Crippen LogP contribution in [0.4, 0.5) is 0 Å². The van der Waals surface area contributed by atoms with Crippen LogP contribution in [0, 0.1) is 0 Å². The van der Waals surface area contributed by atoms with Crippen molar-refractivity contribution in [3.05, 3.63) is 87.6 Å². The molecule has 0 saturated heterocycles. The number of aliphatic carboxylic acids is 1. The number of carboxylic acids is 1. The Balaban J connectivity index is 0.00000162. The number of ether oxygens (including phenoxy) is 1. The second-order valence-electron chi connectivity index (χ2n) is 8.04. The molecule has 4 aromatic rings. The zero-order valence-corrected chi connectivity index (χ0v) is 21.5. The second kappa shape index (κ2) is 9.93. The maximum atomic E-state index is 12.7. The van der Waals surface area contributed by atoms with E-state index in [-0.39, 0.29) is 40.6 Å². The minimum atomic E-state index is -0.895. The molecule has 0 unspecified atom stereocenters. The van der Waals surface area contributed by atoms with Gasteiger partial charge in [-0.2, -0.15) is 0 Å². The standard InChI is InChI=1S/C24H20ClN3O4.Na.H2O/c1-27-20-12-17(6-7-19(20)26-22(27)24(9-10-24)23(30)31)28-11-8-18(13-21(28)29)32-14-15-2-4-16(25)5-3-15;;/h2-8,11-13H,9-10,14H2,1H3,(H,30,31);;1H2/q;+1;/p-1. The van der Waals surface area contributed by atoms with Crippen molar-refractivity contribution < 1.29 is 49.7 Å². The number of benzene rings is 2. The van der Waals surface area contributed by atoms with Gasteiger partial charge in [0.25, 0.3) is 5.56 Å². The molecule has 1 aliphatic carbocycles. The van der Waals surface area contributed by atoms with E-state index < -0.39 is 11.4 Å². The number of carboxylic acid groups (broad SMARTS) is 1. The molecule has 1 aliphatic rings. The van der Waals surface area contributed by atoms with Crippen molar-refractivity contribution in [1.29, 1.82) is 0 Å². The third kappa shape index (κ3) is 4.64. The predicted octanol–water partition coefficient (Wildman–Crippen LogP) is 0.900. The molecule has 1 saturated carbocycles. The average molecular weight is 490 g/mol. The van der Waals surface area contributed by atoms with E-state index in [1.54, 1.807) is 30.5 Å². The van der Waals surface area contributed by atoms with E-state index in [1.807, 2.05) is 35.9 Å². The summed E-state index contributed by atoms with van der Waals surface area (Å²) in [6.07, 6.45) is 2.84. The van der Waals surface area contributed by atoms with E-state index in [9.17, 15) is 14.7 Å². The summed E-state index contributed by atoms with van der Waals surface area (Å²) in [5, 5.41) is 10.3. The number of hydrogen-bond donors (Lipinski definition) is 1. The summed E-state index contributed by atoms with van der Waals surface area (Å²) < 4.78 is 9.07. The van der Waals surface area contributed by atoms with Gasteiger partial charge in [-0.1, -0.05) is 23.7 Å². The molecule has 2 N–H and O–H groups in total. The van der Waals surface area contributed by atoms with Gasteiger partial charge in [0.05, 0.1) is 16.7 Å². The maximum absolute atomic E-state index is 12.7. The van der Waals surface area contributed by atoms with E-state index >= 15 is 0 Å². The molecular weight excluding hydrogens is 469 g/mol. The molecule has 0 atom stereocenters. The molecule has 8 nitrogen and oxygen atoms in total. The number of carbonyl (C=O) groups is 1. The first-order valence-corrected chi connectivity index (χ1v) is 10.6. The summed E-state index contributed by atoms with van der Waals surface area (Å²) in [5.41, 5.74) is 1.97. The van der Waals surface area contributed by atoms with Gasteiger partial charge in [0.2, 0.25) is 0 Å². The molecule has 0 aliphatic heterocycles. The van der Waals surface area contributed by atoms with Gasteiger partial charge in [-0.3, -0.25) is 14.2 Å². The molecule has 0 bridgehead atoms. The van der Waals surface area contributed by atoms with Crippen LogP contribution in [0.15, 0.2) is 65.6 Å². The van der Waals surface area contributed by atoms with Gasteiger partial charge in [0.1, 0.15) is 23.6 Å². The van der Waals surface area contributed by atoms with Crippen LogP contribution in [0.5, 0.6) is 5.75 Å². The summed E-state index contributed by atoms with van der Waals surface area (Å²) >= 11 is 5.90. The van der Waals surface area contributed by atoms with Gasteiger partial charge in [-0.05, 0) is 54.8 Å². The fraction of sp³-hybridized carbons (Fsp3) is 0.208. The third-order valence-corrected chi connectivity index (χ3v) is 6.19. The first-order chi connectivity index (χ1) is 15.4. The Morgan fingerprint density at radius 1 is 1.15 bits per heavy atom. The van der Waals surface area contributed by atoms with Crippen LogP contribution in [0.25, 0.3) is 16.7 Å². The minimum absolute atomic E-state index is 0. The quantitative estimate of drug-likeness (QED) is 0.402. The van der Waals surface area contributed by atoms with Crippen LogP contribution >= 0.6 is 11.6 Å². The summed E-state index contributed by atoms with van der Waals surface area (Å²) in [6, 6.07) is 16.0. The zero-order chi connectivity index (χ0) is 22.5. The number of aryl methyl sites for hydroxylation is 1. The Morgan fingerprint density at radius 2 is 1.85 bits per heavy atom. The smallest absolute Gasteiger partial charge is 0.870 e. The van der Waals surface area contributed by atoms with Crippen molar-refractivity contribution in [1.82, 2.24) is 14.1 Å². The fourth-order valence-corrected chi connectivity index (χ4v) is 4.05. The minimum Gasteiger partial charge on any atom is -0.870 e. The van der Waals surface area contributed by atoms with E-state index in [4.69, 9.17) is 16.3 Å². The molecular formula is C24H21ClN3NaO5. The molecule has 0 spiro atoms. The van der Waals surface area contributed by atoms with E-state index in [0.29, 0.717) is 47.2 Å². The monoisotopic (exact) mass is 489 g/mol. The van der Waals surface area contributed by atoms with Gasteiger partial charge < -0.3 is 19.9 Å². The molecule has 10 heteroatoms. The van der Waals surface area contributed by atoms with E-state index in [2.05, 4.69) is 4.98 Å². The van der Waals surface area contributed by atoms with Gasteiger partial charge in [-0.15, -0.1) is 0 Å². The molecule has 34 heavy (non-hydrogen) atoms. The van der Waals surface area contributed by atoms with Crippen molar-refractivity contribution in [3.63, 3.8) is 0 Å². The van der Waals surface area contributed by atoms with Gasteiger partial charge >= 0.3 is 35.5 Å². The Hall–Kier alpha value is -2.62. The first kappa shape index (κ1) is 26.0. The number of fused-ring (bicyclic) bond motifs is 1. The number of aromatic nitrogens is 3. The SMILES string of the molecule is Cn1c(C2(C(=O)O)CC2)nc2ccc(-n3ccc(OCc4ccc(Cl)cc4)cc3=O)cc21.[Na+].[OH-]. The van der Waals surface area contributed by atoms with Crippen LogP contribution in [0.2, 0.25) is 5.02 Å². The predicted molar refractivity (Wildman–Crippen MR) is 123 cm³/mol. The molecule has 2 heterocycles. The van der Waals surface area contributed by atoms with Gasteiger partial charge in [0, 0.05) is 24.3 Å². The van der Waals surface area contributed by atoms with E-state index in [0.717, 1.165) is 11.1 Å². The number of imidazole rings is 1. The Bertz CT molecular complexity index is 1410.